The van der Waals surface area contributed by atoms with Gasteiger partial charge in [0.05, 0.1) is 5.52 Å². The third-order valence-corrected chi connectivity index (χ3v) is 12.9. The number of hydrogen-bond donors (Lipinski definition) is 0. The van der Waals surface area contributed by atoms with E-state index >= 15 is 0 Å². The van der Waals surface area contributed by atoms with Crippen LogP contribution in [0.15, 0.2) is 200 Å². The summed E-state index contributed by atoms with van der Waals surface area (Å²) in [6, 6.07) is 69.3. The second kappa shape index (κ2) is 15.7. The van der Waals surface area contributed by atoms with Crippen molar-refractivity contribution in [3.63, 3.8) is 0 Å². The largest absolute Gasteiger partial charge is 0.282 e. The maximum Gasteiger partial charge on any atom is 0.238 e. The fraction of sp³-hybridized carbons (Fsp3) is 0.0833. The zero-order chi connectivity index (χ0) is 43.4. The lowest BCUT2D eigenvalue weighted by atomic mass is 9.82. The minimum atomic E-state index is -0.184. The van der Waals surface area contributed by atoms with E-state index in [1.54, 1.807) is 0 Å². The van der Waals surface area contributed by atoms with Crippen LogP contribution in [0.25, 0.3) is 101 Å². The Labute approximate surface area is 375 Å². The first-order chi connectivity index (χ1) is 31.3. The van der Waals surface area contributed by atoms with Crippen LogP contribution in [0.4, 0.5) is 0 Å². The molecule has 1 aliphatic carbocycles. The molecule has 0 N–H and O–H groups in total. The second-order valence-corrected chi connectivity index (χ2v) is 17.3. The van der Waals surface area contributed by atoms with Gasteiger partial charge in [-0.1, -0.05) is 172 Å². The zero-order valence-corrected chi connectivity index (χ0v) is 36.4. The monoisotopic (exact) mass is 822 g/mol. The van der Waals surface area contributed by atoms with Crippen LogP contribution in [0.5, 0.6) is 0 Å². The molecule has 1 aliphatic rings. The third kappa shape index (κ3) is 6.76. The van der Waals surface area contributed by atoms with E-state index < -0.39 is 0 Å². The molecule has 0 spiro atoms. The van der Waals surface area contributed by atoms with E-state index in [-0.39, 0.29) is 5.41 Å². The molecular weight excluding hydrogens is 777 g/mol. The maximum atomic E-state index is 5.50. The topological polar surface area (TPSA) is 43.6 Å². The predicted octanol–water partition coefficient (Wildman–Crippen LogP) is 15.5. The molecule has 8 aromatic carbocycles. The summed E-state index contributed by atoms with van der Waals surface area (Å²) in [6.45, 7) is 8.95. The molecule has 0 bridgehead atoms. The number of aromatic nitrogens is 4. The summed E-state index contributed by atoms with van der Waals surface area (Å²) in [4.78, 5) is 16.5. The smallest absolute Gasteiger partial charge is 0.238 e. The Morgan fingerprint density at radius 3 is 1.30 bits per heavy atom. The number of benzene rings is 8. The third-order valence-electron chi connectivity index (χ3n) is 12.9. The lowest BCUT2D eigenvalue weighted by Gasteiger charge is -2.21. The van der Waals surface area contributed by atoms with Crippen molar-refractivity contribution in [3.8, 4) is 84.4 Å². The summed E-state index contributed by atoms with van der Waals surface area (Å²) in [7, 11) is 0. The van der Waals surface area contributed by atoms with Crippen LogP contribution in [0.1, 0.15) is 43.2 Å². The second-order valence-electron chi connectivity index (χ2n) is 17.3. The molecule has 11 rings (SSSR count). The van der Waals surface area contributed by atoms with E-state index in [0.29, 0.717) is 17.6 Å². The van der Waals surface area contributed by atoms with Gasteiger partial charge in [0.2, 0.25) is 5.95 Å². The van der Waals surface area contributed by atoms with Crippen molar-refractivity contribution in [2.45, 2.75) is 33.1 Å². The molecule has 0 fully saturated rings. The summed E-state index contributed by atoms with van der Waals surface area (Å²) in [6.07, 6.45) is 4.35. The van der Waals surface area contributed by atoms with Crippen molar-refractivity contribution in [1.82, 2.24) is 19.5 Å². The van der Waals surface area contributed by atoms with Gasteiger partial charge in [-0.2, -0.15) is 9.97 Å². The highest BCUT2D eigenvalue weighted by Crippen LogP contribution is 2.51. The molecule has 10 aromatic rings. The summed E-state index contributed by atoms with van der Waals surface area (Å²) in [5.74, 6) is 1.78. The van der Waals surface area contributed by atoms with Crippen LogP contribution in [-0.2, 0) is 5.41 Å². The van der Waals surface area contributed by atoms with Crippen LogP contribution in [-0.4, -0.2) is 19.5 Å². The summed E-state index contributed by atoms with van der Waals surface area (Å²) >= 11 is 0. The highest BCUT2D eigenvalue weighted by molar-refractivity contribution is 5.99. The fourth-order valence-corrected chi connectivity index (χ4v) is 9.69. The molecule has 64 heavy (non-hydrogen) atoms. The Hall–Kier alpha value is -7.95. The molecule has 0 atom stereocenters. The Balaban J connectivity index is 1.21. The van der Waals surface area contributed by atoms with Gasteiger partial charge in [0.25, 0.3) is 0 Å². The van der Waals surface area contributed by atoms with Crippen molar-refractivity contribution >= 4 is 17.0 Å². The van der Waals surface area contributed by atoms with E-state index in [1.807, 2.05) is 0 Å². The molecule has 0 saturated heterocycles. The van der Waals surface area contributed by atoms with Gasteiger partial charge in [0.15, 0.2) is 11.6 Å². The van der Waals surface area contributed by atoms with Crippen molar-refractivity contribution < 1.29 is 0 Å². The molecule has 306 valence electrons. The number of hydrogen-bond acceptors (Lipinski definition) is 3. The van der Waals surface area contributed by atoms with E-state index in [2.05, 4.69) is 239 Å². The van der Waals surface area contributed by atoms with Crippen LogP contribution in [0, 0.1) is 6.92 Å². The first-order valence-corrected chi connectivity index (χ1v) is 22.1. The van der Waals surface area contributed by atoms with Gasteiger partial charge in [-0.3, -0.25) is 4.57 Å². The molecule has 4 nitrogen and oxygen atoms in total. The highest BCUT2D eigenvalue weighted by atomic mass is 15.2. The Kier molecular flexibility index (Phi) is 9.58. The summed E-state index contributed by atoms with van der Waals surface area (Å²) in [5.41, 5.74) is 19.0. The van der Waals surface area contributed by atoms with Crippen LogP contribution in [0.2, 0.25) is 0 Å². The van der Waals surface area contributed by atoms with Gasteiger partial charge in [0, 0.05) is 33.2 Å². The van der Waals surface area contributed by atoms with Gasteiger partial charge in [-0.25, -0.2) is 4.98 Å². The van der Waals surface area contributed by atoms with Crippen molar-refractivity contribution in [1.29, 1.82) is 0 Å². The van der Waals surface area contributed by atoms with E-state index in [9.17, 15) is 0 Å². The minimum Gasteiger partial charge on any atom is -0.282 e. The lowest BCUT2D eigenvalue weighted by molar-refractivity contribution is 0.661. The molecule has 0 aliphatic heterocycles. The SMILES string of the molecule is CC=Cc1c(C)n(-c2nc(-c3cc(-c4ccccc4)cc(-c4ccccc4)c3)nc(-c3cc(-c4ccccc4)cc(-c4ccccc4)c3)n2)c2cc3c(cc12)-c1ccccc1C3(C)C. The molecule has 0 amide bonds. The molecule has 2 aromatic heterocycles. The van der Waals surface area contributed by atoms with Crippen molar-refractivity contribution in [2.24, 2.45) is 0 Å². The van der Waals surface area contributed by atoms with E-state index in [4.69, 9.17) is 15.0 Å². The molecular formula is C60H46N4. The van der Waals surface area contributed by atoms with Crippen LogP contribution < -0.4 is 0 Å². The molecule has 4 heteroatoms. The molecule has 2 heterocycles. The standard InChI is InChI=1S/C60H46N4/c1-5-20-50-39(2)64(56-38-55-52(37-53(50)56)51-29-18-19-30-54(51)60(55,3)4)59-62-57(48-33-44(40-21-10-6-11-22-40)31-45(34-48)41-23-12-7-13-24-41)61-58(63-59)49-35-46(42-25-14-8-15-26-42)32-47(36-49)43-27-16-9-17-28-43/h5-38H,1-4H3. The van der Waals surface area contributed by atoms with Gasteiger partial charge >= 0.3 is 0 Å². The fourth-order valence-electron chi connectivity index (χ4n) is 9.69. The summed E-state index contributed by atoms with van der Waals surface area (Å²) in [5, 5.41) is 1.17. The average molecular weight is 823 g/mol. The van der Waals surface area contributed by atoms with E-state index in [0.717, 1.165) is 72.4 Å². The molecule has 0 radical (unpaired) electrons. The van der Waals surface area contributed by atoms with Gasteiger partial charge < -0.3 is 0 Å². The van der Waals surface area contributed by atoms with Crippen LogP contribution >= 0.6 is 0 Å². The average Bonchev–Trinajstić information content (AvgIpc) is 3.75. The number of nitrogens with zero attached hydrogens (tertiary/aromatic N) is 4. The zero-order valence-electron chi connectivity index (χ0n) is 36.4. The van der Waals surface area contributed by atoms with Crippen LogP contribution in [0.3, 0.4) is 0 Å². The maximum absolute atomic E-state index is 5.50. The number of fused-ring (bicyclic) bond motifs is 4. The van der Waals surface area contributed by atoms with Gasteiger partial charge in [-0.05, 0) is 129 Å². The van der Waals surface area contributed by atoms with E-state index in [1.165, 1.54) is 27.6 Å². The quantitative estimate of drug-likeness (QED) is 0.153. The van der Waals surface area contributed by atoms with Crippen molar-refractivity contribution in [2.75, 3.05) is 0 Å². The normalized spacial score (nSPS) is 12.8. The van der Waals surface area contributed by atoms with Gasteiger partial charge in [0.1, 0.15) is 0 Å². The van der Waals surface area contributed by atoms with Crippen molar-refractivity contribution in [3.05, 3.63) is 223 Å². The minimum absolute atomic E-state index is 0.184. The summed E-state index contributed by atoms with van der Waals surface area (Å²) < 4.78 is 2.26. The Morgan fingerprint density at radius 2 is 0.844 bits per heavy atom. The van der Waals surface area contributed by atoms with Gasteiger partial charge in [-0.15, -0.1) is 0 Å². The Morgan fingerprint density at radius 1 is 0.422 bits per heavy atom. The predicted molar refractivity (Wildman–Crippen MR) is 266 cm³/mol. The first-order valence-electron chi connectivity index (χ1n) is 22.1. The Bertz CT molecular complexity index is 3140. The lowest BCUT2D eigenvalue weighted by Crippen LogP contribution is -2.15. The number of rotatable bonds is 8. The highest BCUT2D eigenvalue weighted by Gasteiger charge is 2.36. The first kappa shape index (κ1) is 38.9. The number of allylic oxidation sites excluding steroid dienone is 1. The molecule has 0 saturated carbocycles. The molecule has 0 unspecified atom stereocenters.